The van der Waals surface area contributed by atoms with E-state index in [1.54, 1.807) is 0 Å². The summed E-state index contributed by atoms with van der Waals surface area (Å²) < 4.78 is 11.1. The van der Waals surface area contributed by atoms with Gasteiger partial charge in [0, 0.05) is 6.42 Å². The van der Waals surface area contributed by atoms with Gasteiger partial charge in [0.2, 0.25) is 0 Å². The highest BCUT2D eigenvalue weighted by Crippen LogP contribution is 2.27. The summed E-state index contributed by atoms with van der Waals surface area (Å²) in [6.45, 7) is 5.77. The second-order valence-electron chi connectivity index (χ2n) is 3.67. The third-order valence-electron chi connectivity index (χ3n) is 1.85. The Hall–Kier alpha value is -0.590. The average molecular weight is 169 g/mol. The van der Waals surface area contributed by atoms with Gasteiger partial charge in [-0.05, 0) is 20.8 Å². The fourth-order valence-electron chi connectivity index (χ4n) is 1.61. The number of hydrogen-bond donors (Lipinski definition) is 0. The van der Waals surface area contributed by atoms with E-state index in [1.807, 2.05) is 20.8 Å². The van der Waals surface area contributed by atoms with Crippen LogP contribution in [0, 0.1) is 11.3 Å². The Morgan fingerprint density at radius 2 is 2.17 bits per heavy atom. The van der Waals surface area contributed by atoms with E-state index in [2.05, 4.69) is 6.07 Å². The van der Waals surface area contributed by atoms with Crippen LogP contribution in [0.3, 0.4) is 0 Å². The summed E-state index contributed by atoms with van der Waals surface area (Å²) in [6, 6.07) is 2.12. The highest BCUT2D eigenvalue weighted by molar-refractivity contribution is 4.82. The lowest BCUT2D eigenvalue weighted by Gasteiger charge is -2.38. The molecule has 1 saturated heterocycles. The van der Waals surface area contributed by atoms with Crippen molar-refractivity contribution in [1.82, 2.24) is 0 Å². The molecule has 0 radical (unpaired) electrons. The standard InChI is InChI=1S/C9H15NO2/c1-7-6-8(4-5-10)12-9(2,3)11-7/h7-8H,4,6H2,1-3H3/t7-,8+/m1/s1. The third kappa shape index (κ3) is 2.47. The van der Waals surface area contributed by atoms with Gasteiger partial charge in [0.15, 0.2) is 5.79 Å². The molecule has 2 atom stereocenters. The Morgan fingerprint density at radius 3 is 2.67 bits per heavy atom. The number of nitriles is 1. The van der Waals surface area contributed by atoms with Crippen LogP contribution in [-0.4, -0.2) is 18.0 Å². The summed E-state index contributed by atoms with van der Waals surface area (Å²) in [5, 5.41) is 8.50. The number of hydrogen-bond acceptors (Lipinski definition) is 3. The highest BCUT2D eigenvalue weighted by atomic mass is 16.7. The van der Waals surface area contributed by atoms with Crippen molar-refractivity contribution in [2.75, 3.05) is 0 Å². The van der Waals surface area contributed by atoms with Crippen LogP contribution in [0.2, 0.25) is 0 Å². The van der Waals surface area contributed by atoms with Gasteiger partial charge in [-0.15, -0.1) is 0 Å². The molecule has 0 saturated carbocycles. The van der Waals surface area contributed by atoms with E-state index in [9.17, 15) is 0 Å². The third-order valence-corrected chi connectivity index (χ3v) is 1.85. The van der Waals surface area contributed by atoms with Gasteiger partial charge >= 0.3 is 0 Å². The van der Waals surface area contributed by atoms with Gasteiger partial charge < -0.3 is 9.47 Å². The van der Waals surface area contributed by atoms with E-state index in [1.165, 1.54) is 0 Å². The number of nitrogens with zero attached hydrogens (tertiary/aromatic N) is 1. The molecule has 0 unspecified atom stereocenters. The fraction of sp³-hybridized carbons (Fsp3) is 0.889. The van der Waals surface area contributed by atoms with Crippen LogP contribution in [0.5, 0.6) is 0 Å². The lowest BCUT2D eigenvalue weighted by molar-refractivity contribution is -0.294. The highest BCUT2D eigenvalue weighted by Gasteiger charge is 2.32. The molecule has 12 heavy (non-hydrogen) atoms. The molecule has 68 valence electrons. The van der Waals surface area contributed by atoms with Crippen LogP contribution < -0.4 is 0 Å². The van der Waals surface area contributed by atoms with E-state index in [0.717, 1.165) is 6.42 Å². The fourth-order valence-corrected chi connectivity index (χ4v) is 1.61. The van der Waals surface area contributed by atoms with E-state index >= 15 is 0 Å². The average Bonchev–Trinajstić information content (AvgIpc) is 1.82. The quantitative estimate of drug-likeness (QED) is 0.601. The largest absolute Gasteiger partial charge is 0.347 e. The summed E-state index contributed by atoms with van der Waals surface area (Å²) in [6.07, 6.45) is 1.49. The van der Waals surface area contributed by atoms with Gasteiger partial charge in [0.05, 0.1) is 24.7 Å². The molecule has 0 amide bonds. The van der Waals surface area contributed by atoms with E-state index in [4.69, 9.17) is 14.7 Å². The first-order valence-electron chi connectivity index (χ1n) is 4.26. The molecule has 0 aromatic carbocycles. The molecule has 0 aliphatic carbocycles. The lowest BCUT2D eigenvalue weighted by Crippen LogP contribution is -2.43. The molecule has 1 heterocycles. The van der Waals surface area contributed by atoms with Gasteiger partial charge in [-0.2, -0.15) is 5.26 Å². The van der Waals surface area contributed by atoms with Crippen molar-refractivity contribution in [2.45, 2.75) is 51.6 Å². The molecule has 0 bridgehead atoms. The second-order valence-corrected chi connectivity index (χ2v) is 3.67. The Kier molecular flexibility index (Phi) is 2.71. The predicted molar refractivity (Wildman–Crippen MR) is 44.3 cm³/mol. The molecule has 3 nitrogen and oxygen atoms in total. The van der Waals surface area contributed by atoms with Crippen molar-refractivity contribution in [3.05, 3.63) is 0 Å². The minimum atomic E-state index is -0.529. The predicted octanol–water partition coefficient (Wildman–Crippen LogP) is 1.83. The van der Waals surface area contributed by atoms with Crippen LogP contribution in [0.1, 0.15) is 33.6 Å². The van der Waals surface area contributed by atoms with E-state index in [0.29, 0.717) is 6.42 Å². The molecule has 1 rings (SSSR count). The first kappa shape index (κ1) is 9.50. The van der Waals surface area contributed by atoms with E-state index in [-0.39, 0.29) is 12.2 Å². The maximum absolute atomic E-state index is 8.50. The smallest absolute Gasteiger partial charge is 0.163 e. The summed E-state index contributed by atoms with van der Waals surface area (Å²) in [7, 11) is 0. The first-order chi connectivity index (χ1) is 5.53. The van der Waals surface area contributed by atoms with Crippen LogP contribution >= 0.6 is 0 Å². The molecule has 0 spiro atoms. The zero-order chi connectivity index (χ0) is 9.19. The van der Waals surface area contributed by atoms with Crippen LogP contribution in [0.25, 0.3) is 0 Å². The topological polar surface area (TPSA) is 42.2 Å². The van der Waals surface area contributed by atoms with Gasteiger partial charge in [-0.3, -0.25) is 0 Å². The zero-order valence-electron chi connectivity index (χ0n) is 7.83. The van der Waals surface area contributed by atoms with Gasteiger partial charge in [0.25, 0.3) is 0 Å². The molecule has 1 aliphatic rings. The molecule has 3 heteroatoms. The first-order valence-corrected chi connectivity index (χ1v) is 4.26. The van der Waals surface area contributed by atoms with Gasteiger partial charge in [-0.25, -0.2) is 0 Å². The normalized spacial score (nSPS) is 34.2. The second kappa shape index (κ2) is 3.42. The van der Waals surface area contributed by atoms with Crippen LogP contribution in [0.4, 0.5) is 0 Å². The minimum Gasteiger partial charge on any atom is -0.347 e. The molecule has 1 fully saturated rings. The van der Waals surface area contributed by atoms with Gasteiger partial charge in [-0.1, -0.05) is 0 Å². The zero-order valence-corrected chi connectivity index (χ0v) is 7.83. The van der Waals surface area contributed by atoms with Gasteiger partial charge in [0.1, 0.15) is 0 Å². The molecule has 0 aromatic rings. The Labute approximate surface area is 73.3 Å². The Bertz CT molecular complexity index is 195. The summed E-state index contributed by atoms with van der Waals surface area (Å²) in [5.74, 6) is -0.529. The van der Waals surface area contributed by atoms with Crippen molar-refractivity contribution >= 4 is 0 Å². The molecule has 0 N–H and O–H groups in total. The van der Waals surface area contributed by atoms with Crippen molar-refractivity contribution in [2.24, 2.45) is 0 Å². The SMILES string of the molecule is C[C@@H]1C[C@H](CC#N)OC(C)(C)O1. The molecule has 0 aromatic heterocycles. The van der Waals surface area contributed by atoms with Crippen LogP contribution in [0.15, 0.2) is 0 Å². The van der Waals surface area contributed by atoms with Crippen molar-refractivity contribution in [1.29, 1.82) is 5.26 Å². The molecular weight excluding hydrogens is 154 g/mol. The molecular formula is C9H15NO2. The Morgan fingerprint density at radius 1 is 1.50 bits per heavy atom. The summed E-state index contributed by atoms with van der Waals surface area (Å²) in [5.41, 5.74) is 0. The summed E-state index contributed by atoms with van der Waals surface area (Å²) >= 11 is 0. The van der Waals surface area contributed by atoms with Crippen LogP contribution in [-0.2, 0) is 9.47 Å². The summed E-state index contributed by atoms with van der Waals surface area (Å²) in [4.78, 5) is 0. The minimum absolute atomic E-state index is 0.0359. The number of rotatable bonds is 1. The van der Waals surface area contributed by atoms with Crippen molar-refractivity contribution < 1.29 is 9.47 Å². The number of ether oxygens (including phenoxy) is 2. The molecule has 1 aliphatic heterocycles. The Balaban J connectivity index is 2.53. The maximum Gasteiger partial charge on any atom is 0.163 e. The van der Waals surface area contributed by atoms with Crippen molar-refractivity contribution in [3.8, 4) is 6.07 Å². The van der Waals surface area contributed by atoms with Crippen molar-refractivity contribution in [3.63, 3.8) is 0 Å². The monoisotopic (exact) mass is 169 g/mol. The lowest BCUT2D eigenvalue weighted by atomic mass is 10.1. The van der Waals surface area contributed by atoms with E-state index < -0.39 is 5.79 Å². The maximum atomic E-state index is 8.50.